The number of rotatable bonds is 3. The second-order valence-corrected chi connectivity index (χ2v) is 5.08. The van der Waals surface area contributed by atoms with E-state index in [1.807, 2.05) is 60.0 Å². The molecular weight excluding hydrogens is 282 g/mol. The average molecular weight is 297 g/mol. The highest BCUT2D eigenvalue weighted by atomic mass is 32.1. The lowest BCUT2D eigenvalue weighted by atomic mass is 10.2. The SMILES string of the molecule is Cc1ccccc1NC(=S)NCc1nnc2ccccn12. The Morgan fingerprint density at radius 3 is 2.81 bits per heavy atom. The van der Waals surface area contributed by atoms with Crippen LogP contribution in [0.5, 0.6) is 0 Å². The molecular formula is C15H15N5S. The summed E-state index contributed by atoms with van der Waals surface area (Å²) >= 11 is 5.31. The van der Waals surface area contributed by atoms with Crippen LogP contribution in [0, 0.1) is 6.92 Å². The number of nitrogens with one attached hydrogen (secondary N) is 2. The number of pyridine rings is 1. The summed E-state index contributed by atoms with van der Waals surface area (Å²) in [6, 6.07) is 13.8. The Balaban J connectivity index is 1.65. The van der Waals surface area contributed by atoms with Gasteiger partial charge in [0.05, 0.1) is 6.54 Å². The van der Waals surface area contributed by atoms with Gasteiger partial charge in [0.25, 0.3) is 0 Å². The molecule has 6 heteroatoms. The fourth-order valence-electron chi connectivity index (χ4n) is 2.05. The normalized spacial score (nSPS) is 10.5. The van der Waals surface area contributed by atoms with Crippen LogP contribution in [0.15, 0.2) is 48.7 Å². The number of anilines is 1. The van der Waals surface area contributed by atoms with Crippen molar-refractivity contribution < 1.29 is 0 Å². The van der Waals surface area contributed by atoms with Crippen molar-refractivity contribution in [3.8, 4) is 0 Å². The Morgan fingerprint density at radius 1 is 1.14 bits per heavy atom. The van der Waals surface area contributed by atoms with Crippen molar-refractivity contribution in [1.29, 1.82) is 0 Å². The highest BCUT2D eigenvalue weighted by Gasteiger charge is 2.05. The molecule has 3 aromatic rings. The van der Waals surface area contributed by atoms with E-state index in [2.05, 4.69) is 20.8 Å². The van der Waals surface area contributed by atoms with Gasteiger partial charge in [0.1, 0.15) is 0 Å². The second kappa shape index (κ2) is 5.88. The third-order valence-corrected chi connectivity index (χ3v) is 3.43. The third-order valence-electron chi connectivity index (χ3n) is 3.18. The lowest BCUT2D eigenvalue weighted by molar-refractivity contribution is 0.813. The molecule has 0 aliphatic heterocycles. The number of hydrogen-bond donors (Lipinski definition) is 2. The lowest BCUT2D eigenvalue weighted by Gasteiger charge is -2.11. The quantitative estimate of drug-likeness (QED) is 0.728. The maximum absolute atomic E-state index is 5.31. The van der Waals surface area contributed by atoms with E-state index in [-0.39, 0.29) is 0 Å². The molecule has 3 rings (SSSR count). The molecule has 0 amide bonds. The number of hydrogen-bond acceptors (Lipinski definition) is 3. The molecule has 0 aliphatic carbocycles. The van der Waals surface area contributed by atoms with Crippen LogP contribution in [0.1, 0.15) is 11.4 Å². The molecule has 5 nitrogen and oxygen atoms in total. The van der Waals surface area contributed by atoms with Gasteiger partial charge in [-0.3, -0.25) is 4.40 Å². The fourth-order valence-corrected chi connectivity index (χ4v) is 2.23. The number of benzene rings is 1. The zero-order valence-electron chi connectivity index (χ0n) is 11.6. The van der Waals surface area contributed by atoms with Crippen molar-refractivity contribution in [3.05, 3.63) is 60.0 Å². The van der Waals surface area contributed by atoms with Gasteiger partial charge in [-0.2, -0.15) is 0 Å². The smallest absolute Gasteiger partial charge is 0.171 e. The summed E-state index contributed by atoms with van der Waals surface area (Å²) in [5.74, 6) is 0.819. The molecule has 2 N–H and O–H groups in total. The molecule has 0 saturated heterocycles. The first-order valence-electron chi connectivity index (χ1n) is 6.63. The van der Waals surface area contributed by atoms with E-state index < -0.39 is 0 Å². The number of thiocarbonyl (C=S) groups is 1. The van der Waals surface area contributed by atoms with Crippen LogP contribution in [-0.4, -0.2) is 19.7 Å². The standard InChI is InChI=1S/C15H15N5S/c1-11-6-2-3-7-12(11)17-15(21)16-10-14-19-18-13-8-4-5-9-20(13)14/h2-9H,10H2,1H3,(H2,16,17,21). The van der Waals surface area contributed by atoms with Crippen molar-refractivity contribution >= 4 is 28.7 Å². The van der Waals surface area contributed by atoms with Gasteiger partial charge >= 0.3 is 0 Å². The molecule has 2 heterocycles. The lowest BCUT2D eigenvalue weighted by Crippen LogP contribution is -2.29. The van der Waals surface area contributed by atoms with Crippen molar-refractivity contribution in [2.45, 2.75) is 13.5 Å². The molecule has 106 valence electrons. The summed E-state index contributed by atoms with van der Waals surface area (Å²) in [5, 5.41) is 15.2. The van der Waals surface area contributed by atoms with E-state index >= 15 is 0 Å². The number of nitrogens with zero attached hydrogens (tertiary/aromatic N) is 3. The number of fused-ring (bicyclic) bond motifs is 1. The van der Waals surface area contributed by atoms with E-state index in [0.717, 1.165) is 22.7 Å². The average Bonchev–Trinajstić information content (AvgIpc) is 2.91. The molecule has 1 aromatic carbocycles. The maximum atomic E-state index is 5.31. The number of aryl methyl sites for hydroxylation is 1. The first-order chi connectivity index (χ1) is 10.2. The number of aromatic nitrogens is 3. The van der Waals surface area contributed by atoms with E-state index in [9.17, 15) is 0 Å². The molecule has 0 bridgehead atoms. The van der Waals surface area contributed by atoms with Crippen LogP contribution in [0.2, 0.25) is 0 Å². The predicted molar refractivity (Wildman–Crippen MR) is 87.2 cm³/mol. The van der Waals surface area contributed by atoms with E-state index in [4.69, 9.17) is 12.2 Å². The van der Waals surface area contributed by atoms with Crippen LogP contribution in [0.3, 0.4) is 0 Å². The highest BCUT2D eigenvalue weighted by molar-refractivity contribution is 7.80. The molecule has 0 spiro atoms. The largest absolute Gasteiger partial charge is 0.355 e. The van der Waals surface area contributed by atoms with Crippen LogP contribution >= 0.6 is 12.2 Å². The predicted octanol–water partition coefficient (Wildman–Crippen LogP) is 2.52. The highest BCUT2D eigenvalue weighted by Crippen LogP contribution is 2.12. The minimum absolute atomic E-state index is 0.517. The third kappa shape index (κ3) is 3.00. The topological polar surface area (TPSA) is 54.2 Å². The summed E-state index contributed by atoms with van der Waals surface area (Å²) in [4.78, 5) is 0. The maximum Gasteiger partial charge on any atom is 0.171 e. The van der Waals surface area contributed by atoms with Crippen LogP contribution in [0.25, 0.3) is 5.65 Å². The summed E-state index contributed by atoms with van der Waals surface area (Å²) in [5.41, 5.74) is 2.97. The Bertz CT molecular complexity index is 780. The van der Waals surface area contributed by atoms with Crippen LogP contribution in [-0.2, 0) is 6.54 Å². The number of para-hydroxylation sites is 1. The van der Waals surface area contributed by atoms with E-state index in [1.54, 1.807) is 0 Å². The van der Waals surface area contributed by atoms with E-state index in [1.165, 1.54) is 0 Å². The van der Waals surface area contributed by atoms with Crippen molar-refractivity contribution in [2.75, 3.05) is 5.32 Å². The molecule has 0 unspecified atom stereocenters. The van der Waals surface area contributed by atoms with Crippen molar-refractivity contribution in [1.82, 2.24) is 19.9 Å². The second-order valence-electron chi connectivity index (χ2n) is 4.67. The molecule has 0 saturated carbocycles. The Morgan fingerprint density at radius 2 is 1.95 bits per heavy atom. The Kier molecular flexibility index (Phi) is 3.79. The zero-order chi connectivity index (χ0) is 14.7. The molecule has 21 heavy (non-hydrogen) atoms. The Hall–Kier alpha value is -2.47. The zero-order valence-corrected chi connectivity index (χ0v) is 12.4. The first-order valence-corrected chi connectivity index (χ1v) is 7.04. The summed E-state index contributed by atoms with van der Waals surface area (Å²) in [7, 11) is 0. The molecule has 0 atom stereocenters. The van der Waals surface area contributed by atoms with Gasteiger partial charge in [0.15, 0.2) is 16.6 Å². The summed E-state index contributed by atoms with van der Waals surface area (Å²) in [6.45, 7) is 2.56. The van der Waals surface area contributed by atoms with Crippen molar-refractivity contribution in [2.24, 2.45) is 0 Å². The minimum atomic E-state index is 0.517. The fraction of sp³-hybridized carbons (Fsp3) is 0.133. The molecule has 2 aromatic heterocycles. The summed E-state index contributed by atoms with van der Waals surface area (Å²) < 4.78 is 1.93. The van der Waals surface area contributed by atoms with Gasteiger partial charge in [-0.1, -0.05) is 24.3 Å². The van der Waals surface area contributed by atoms with Crippen LogP contribution < -0.4 is 10.6 Å². The first kappa shape index (κ1) is 13.5. The van der Waals surface area contributed by atoms with E-state index in [0.29, 0.717) is 11.7 Å². The van der Waals surface area contributed by atoms with Gasteiger partial charge in [-0.25, -0.2) is 0 Å². The van der Waals surface area contributed by atoms with Gasteiger partial charge in [0.2, 0.25) is 0 Å². The molecule has 0 aliphatic rings. The summed E-state index contributed by atoms with van der Waals surface area (Å²) in [6.07, 6.45) is 1.93. The van der Waals surface area contributed by atoms with Gasteiger partial charge in [0, 0.05) is 11.9 Å². The minimum Gasteiger partial charge on any atom is -0.355 e. The monoisotopic (exact) mass is 297 g/mol. The van der Waals surface area contributed by atoms with Crippen LogP contribution in [0.4, 0.5) is 5.69 Å². The molecule has 0 fully saturated rings. The van der Waals surface area contributed by atoms with Gasteiger partial charge in [-0.05, 0) is 42.9 Å². The molecule has 0 radical (unpaired) electrons. The van der Waals surface area contributed by atoms with Gasteiger partial charge in [-0.15, -0.1) is 10.2 Å². The Labute approximate surface area is 128 Å². The van der Waals surface area contributed by atoms with Crippen molar-refractivity contribution in [3.63, 3.8) is 0 Å². The van der Waals surface area contributed by atoms with Gasteiger partial charge < -0.3 is 10.6 Å².